The second kappa shape index (κ2) is 8.02. The lowest BCUT2D eigenvalue weighted by Crippen LogP contribution is -2.07. The molecule has 0 bridgehead atoms. The van der Waals surface area contributed by atoms with E-state index < -0.39 is 0 Å². The van der Waals surface area contributed by atoms with E-state index in [1.807, 2.05) is 86.9 Å². The van der Waals surface area contributed by atoms with Crippen LogP contribution in [0, 0.1) is 0 Å². The summed E-state index contributed by atoms with van der Waals surface area (Å²) in [4.78, 5) is 6.87. The van der Waals surface area contributed by atoms with Crippen LogP contribution in [0.2, 0.25) is 5.02 Å². The molecule has 0 aliphatic carbocycles. The van der Waals surface area contributed by atoms with Crippen LogP contribution in [0.15, 0.2) is 77.2 Å². The minimum Gasteiger partial charge on any atom is -0.497 e. The van der Waals surface area contributed by atoms with Gasteiger partial charge >= 0.3 is 0 Å². The Labute approximate surface area is 175 Å². The maximum Gasteiger partial charge on any atom is 0.227 e. The summed E-state index contributed by atoms with van der Waals surface area (Å²) in [5.74, 6) is 1.99. The zero-order valence-corrected chi connectivity index (χ0v) is 17.3. The second-order valence-corrected chi connectivity index (χ2v) is 7.25. The summed E-state index contributed by atoms with van der Waals surface area (Å²) >= 11 is 6.46. The van der Waals surface area contributed by atoms with Crippen molar-refractivity contribution < 1.29 is 9.15 Å². The standard InChI is InChI=1S/C24H21ClN2O2/c1-27(2)18-12-8-17(9-13-18)24-26-22(16-10-14-19(28-3)15-11-16)23(29-24)20-6-4-5-7-21(20)25/h4-15H,1-3H3. The number of hydrogen-bond donors (Lipinski definition) is 0. The van der Waals surface area contributed by atoms with Gasteiger partial charge < -0.3 is 14.1 Å². The number of oxazole rings is 1. The molecule has 0 saturated carbocycles. The first-order chi connectivity index (χ1) is 14.1. The van der Waals surface area contributed by atoms with Gasteiger partial charge in [-0.05, 0) is 60.7 Å². The van der Waals surface area contributed by atoms with E-state index in [1.165, 1.54) is 0 Å². The van der Waals surface area contributed by atoms with Gasteiger partial charge in [0.15, 0.2) is 5.76 Å². The van der Waals surface area contributed by atoms with Crippen LogP contribution in [0.1, 0.15) is 0 Å². The smallest absolute Gasteiger partial charge is 0.227 e. The van der Waals surface area contributed by atoms with Crippen molar-refractivity contribution in [2.45, 2.75) is 0 Å². The van der Waals surface area contributed by atoms with Crippen molar-refractivity contribution in [2.75, 3.05) is 26.1 Å². The summed E-state index contributed by atoms with van der Waals surface area (Å²) in [6.45, 7) is 0. The fraction of sp³-hybridized carbons (Fsp3) is 0.125. The van der Waals surface area contributed by atoms with Crippen molar-refractivity contribution in [1.29, 1.82) is 0 Å². The van der Waals surface area contributed by atoms with Crippen LogP contribution in [0.3, 0.4) is 0 Å². The summed E-state index contributed by atoms with van der Waals surface area (Å²) in [6.07, 6.45) is 0. The van der Waals surface area contributed by atoms with E-state index in [1.54, 1.807) is 7.11 Å². The van der Waals surface area contributed by atoms with Crippen LogP contribution in [-0.2, 0) is 0 Å². The van der Waals surface area contributed by atoms with E-state index in [0.29, 0.717) is 16.7 Å². The molecule has 0 amide bonds. The lowest BCUT2D eigenvalue weighted by atomic mass is 10.1. The van der Waals surface area contributed by atoms with Crippen LogP contribution < -0.4 is 9.64 Å². The lowest BCUT2D eigenvalue weighted by molar-refractivity contribution is 0.415. The number of nitrogens with zero attached hydrogens (tertiary/aromatic N) is 2. The molecule has 0 aliphatic rings. The first-order valence-corrected chi connectivity index (χ1v) is 9.62. The monoisotopic (exact) mass is 404 g/mol. The molecule has 4 nitrogen and oxygen atoms in total. The fourth-order valence-corrected chi connectivity index (χ4v) is 3.34. The van der Waals surface area contributed by atoms with Crippen LogP contribution in [0.4, 0.5) is 5.69 Å². The van der Waals surface area contributed by atoms with Gasteiger partial charge in [0, 0.05) is 36.5 Å². The van der Waals surface area contributed by atoms with E-state index in [-0.39, 0.29) is 0 Å². The van der Waals surface area contributed by atoms with E-state index in [2.05, 4.69) is 4.90 Å². The van der Waals surface area contributed by atoms with E-state index in [4.69, 9.17) is 25.7 Å². The molecule has 0 atom stereocenters. The van der Waals surface area contributed by atoms with Crippen molar-refractivity contribution >= 4 is 17.3 Å². The van der Waals surface area contributed by atoms with Crippen molar-refractivity contribution in [3.05, 3.63) is 77.8 Å². The highest BCUT2D eigenvalue weighted by atomic mass is 35.5. The predicted molar refractivity (Wildman–Crippen MR) is 119 cm³/mol. The van der Waals surface area contributed by atoms with Gasteiger partial charge in [0.25, 0.3) is 0 Å². The Balaban J connectivity index is 1.85. The number of benzene rings is 3. The molecule has 146 valence electrons. The molecule has 3 aromatic carbocycles. The maximum atomic E-state index is 6.46. The van der Waals surface area contributed by atoms with Crippen molar-refractivity contribution in [2.24, 2.45) is 0 Å². The Bertz CT molecular complexity index is 1120. The summed E-state index contributed by atoms with van der Waals surface area (Å²) in [5.41, 5.74) is 4.50. The third kappa shape index (κ3) is 3.84. The zero-order chi connectivity index (χ0) is 20.4. The third-order valence-corrected chi connectivity index (χ3v) is 5.07. The lowest BCUT2D eigenvalue weighted by Gasteiger charge is -2.11. The predicted octanol–water partition coefficient (Wildman–Crippen LogP) is 6.40. The van der Waals surface area contributed by atoms with Gasteiger partial charge in [-0.1, -0.05) is 23.7 Å². The molecular weight excluding hydrogens is 384 g/mol. The number of anilines is 1. The van der Waals surface area contributed by atoms with E-state index >= 15 is 0 Å². The minimum absolute atomic E-state index is 0.552. The Morgan fingerprint density at radius 2 is 1.52 bits per heavy atom. The number of rotatable bonds is 5. The normalized spacial score (nSPS) is 10.8. The average Bonchev–Trinajstić information content (AvgIpc) is 3.19. The summed E-state index contributed by atoms with van der Waals surface area (Å²) in [5, 5.41) is 0.618. The molecule has 0 radical (unpaired) electrons. The average molecular weight is 405 g/mol. The van der Waals surface area contributed by atoms with Gasteiger partial charge in [-0.15, -0.1) is 0 Å². The molecule has 0 aliphatic heterocycles. The molecule has 0 unspecified atom stereocenters. The molecule has 5 heteroatoms. The van der Waals surface area contributed by atoms with Gasteiger partial charge in [-0.25, -0.2) is 4.98 Å². The topological polar surface area (TPSA) is 38.5 Å². The second-order valence-electron chi connectivity index (χ2n) is 6.85. The van der Waals surface area contributed by atoms with Gasteiger partial charge in [0.05, 0.1) is 12.1 Å². The first kappa shape index (κ1) is 19.1. The van der Waals surface area contributed by atoms with Crippen molar-refractivity contribution in [1.82, 2.24) is 4.98 Å². The maximum absolute atomic E-state index is 6.46. The first-order valence-electron chi connectivity index (χ1n) is 9.24. The number of ether oxygens (including phenoxy) is 1. The molecular formula is C24H21ClN2O2. The number of halogens is 1. The van der Waals surface area contributed by atoms with Gasteiger partial charge in [-0.2, -0.15) is 0 Å². The highest BCUT2D eigenvalue weighted by molar-refractivity contribution is 6.33. The van der Waals surface area contributed by atoms with Gasteiger partial charge in [0.1, 0.15) is 11.4 Å². The van der Waals surface area contributed by atoms with Crippen molar-refractivity contribution in [3.63, 3.8) is 0 Å². The van der Waals surface area contributed by atoms with E-state index in [9.17, 15) is 0 Å². The van der Waals surface area contributed by atoms with Crippen LogP contribution >= 0.6 is 11.6 Å². The summed E-state index contributed by atoms with van der Waals surface area (Å²) in [6, 6.07) is 23.5. The molecule has 29 heavy (non-hydrogen) atoms. The molecule has 0 N–H and O–H groups in total. The molecule has 0 saturated heterocycles. The van der Waals surface area contributed by atoms with Crippen LogP contribution in [0.25, 0.3) is 34.0 Å². The Kier molecular flexibility index (Phi) is 5.28. The Hall–Kier alpha value is -3.24. The minimum atomic E-state index is 0.552. The molecule has 4 rings (SSSR count). The Morgan fingerprint density at radius 3 is 2.14 bits per heavy atom. The summed E-state index contributed by atoms with van der Waals surface area (Å²) < 4.78 is 11.5. The van der Waals surface area contributed by atoms with Crippen LogP contribution in [0.5, 0.6) is 5.75 Å². The van der Waals surface area contributed by atoms with Crippen LogP contribution in [-0.4, -0.2) is 26.2 Å². The highest BCUT2D eigenvalue weighted by Crippen LogP contribution is 2.39. The zero-order valence-electron chi connectivity index (χ0n) is 16.5. The molecule has 0 spiro atoms. The number of methoxy groups -OCH3 is 1. The summed E-state index contributed by atoms with van der Waals surface area (Å²) in [7, 11) is 5.67. The fourth-order valence-electron chi connectivity index (χ4n) is 3.12. The largest absolute Gasteiger partial charge is 0.497 e. The molecule has 4 aromatic rings. The van der Waals surface area contributed by atoms with Crippen molar-refractivity contribution in [3.8, 4) is 39.8 Å². The Morgan fingerprint density at radius 1 is 0.862 bits per heavy atom. The highest BCUT2D eigenvalue weighted by Gasteiger charge is 2.20. The molecule has 1 heterocycles. The van der Waals surface area contributed by atoms with Gasteiger partial charge in [0.2, 0.25) is 5.89 Å². The third-order valence-electron chi connectivity index (χ3n) is 4.74. The van der Waals surface area contributed by atoms with E-state index in [0.717, 1.165) is 33.8 Å². The van der Waals surface area contributed by atoms with Gasteiger partial charge in [-0.3, -0.25) is 0 Å². The molecule has 0 fully saturated rings. The number of aromatic nitrogens is 1. The molecule has 1 aromatic heterocycles. The number of hydrogen-bond acceptors (Lipinski definition) is 4. The quantitative estimate of drug-likeness (QED) is 0.385. The SMILES string of the molecule is COc1ccc(-c2nc(-c3ccc(N(C)C)cc3)oc2-c2ccccc2Cl)cc1.